The molecule has 0 aromatic rings. The Hall–Kier alpha value is -0.610. The summed E-state index contributed by atoms with van der Waals surface area (Å²) in [6.07, 6.45) is 18.2. The van der Waals surface area contributed by atoms with Gasteiger partial charge in [-0.3, -0.25) is 0 Å². The van der Waals surface area contributed by atoms with Crippen LogP contribution in [0.1, 0.15) is 26.2 Å². The van der Waals surface area contributed by atoms with Crippen LogP contribution < -0.4 is 0 Å². The van der Waals surface area contributed by atoms with Crippen molar-refractivity contribution < 1.29 is 0 Å². The Morgan fingerprint density at radius 2 is 1.11 bits per heavy atom. The molecule has 0 nitrogen and oxygen atoms in total. The maximum atomic E-state index is 4.00. The fourth-order valence-electron chi connectivity index (χ4n) is 3.08. The molecule has 0 aromatic heterocycles. The van der Waals surface area contributed by atoms with E-state index in [0.29, 0.717) is 0 Å². The Balaban J connectivity index is 5.30. The van der Waals surface area contributed by atoms with E-state index in [1.165, 1.54) is 25.4 Å². The van der Waals surface area contributed by atoms with Crippen molar-refractivity contribution >= 4 is 6.60 Å². The van der Waals surface area contributed by atoms with E-state index < -0.39 is 6.60 Å². The molecule has 18 heavy (non-hydrogen) atoms. The third-order valence-electron chi connectivity index (χ3n) is 3.98. The van der Waals surface area contributed by atoms with Crippen molar-refractivity contribution in [1.82, 2.24) is 0 Å². The number of unbranched alkanes of at least 4 members (excludes halogenated alkanes) is 2. The first-order chi connectivity index (χ1) is 8.62. The van der Waals surface area contributed by atoms with E-state index in [0.717, 1.165) is 24.6 Å². The Kier molecular flexibility index (Phi) is 8.20. The molecule has 0 saturated carbocycles. The molecule has 0 aliphatic heterocycles. The van der Waals surface area contributed by atoms with E-state index in [1.54, 1.807) is 0 Å². The first kappa shape index (κ1) is 17.4. The van der Waals surface area contributed by atoms with Gasteiger partial charge in [-0.1, -0.05) is 0 Å². The molecule has 0 heterocycles. The van der Waals surface area contributed by atoms with Crippen LogP contribution >= 0.6 is 6.60 Å². The molecule has 0 aromatic carbocycles. The van der Waals surface area contributed by atoms with Gasteiger partial charge in [0, 0.05) is 0 Å². The monoisotopic (exact) mass is 266 g/mol. The van der Waals surface area contributed by atoms with Crippen LogP contribution in [0.3, 0.4) is 0 Å². The average molecular weight is 266 g/mol. The summed E-state index contributed by atoms with van der Waals surface area (Å²) in [5.41, 5.74) is 0. The zero-order valence-electron chi connectivity index (χ0n) is 12.2. The predicted octanol–water partition coefficient (Wildman–Crippen LogP) is 5.47. The second-order valence-corrected chi connectivity index (χ2v) is 11.9. The number of rotatable bonds is 12. The van der Waals surface area contributed by atoms with Gasteiger partial charge in [0.15, 0.2) is 0 Å². The van der Waals surface area contributed by atoms with Crippen LogP contribution in [0, 0.1) is 0 Å². The Bertz CT molecular complexity index is 236. The summed E-state index contributed by atoms with van der Waals surface area (Å²) in [5.74, 6) is 0. The van der Waals surface area contributed by atoms with Crippen LogP contribution in [0.2, 0.25) is 0 Å². The summed E-state index contributed by atoms with van der Waals surface area (Å²) in [5, 5.41) is 0. The van der Waals surface area contributed by atoms with Crippen molar-refractivity contribution in [2.24, 2.45) is 0 Å². The summed E-state index contributed by atoms with van der Waals surface area (Å²) in [4.78, 5) is 0. The van der Waals surface area contributed by atoms with Crippen LogP contribution in [-0.4, -0.2) is 30.8 Å². The van der Waals surface area contributed by atoms with E-state index in [4.69, 9.17) is 0 Å². The van der Waals surface area contributed by atoms with Gasteiger partial charge in [0.25, 0.3) is 0 Å². The summed E-state index contributed by atoms with van der Waals surface area (Å²) < 4.78 is 0. The standard InChI is InChI=1S/C17H31P/c1-6-11-12-17-18(13-7-2,14-8-3,15-9-4)16-10-5/h7-10H,2-6,11-17H2,1H3. The van der Waals surface area contributed by atoms with Crippen molar-refractivity contribution in [3.63, 3.8) is 0 Å². The summed E-state index contributed by atoms with van der Waals surface area (Å²) >= 11 is 0. The SMILES string of the molecule is C=CCP(CC=C)(CC=C)(CC=C)CCCCC. The molecule has 0 unspecified atom stereocenters. The minimum atomic E-state index is -1.84. The first-order valence-corrected chi connectivity index (χ1v) is 10.2. The van der Waals surface area contributed by atoms with Gasteiger partial charge in [0.2, 0.25) is 0 Å². The quantitative estimate of drug-likeness (QED) is 0.249. The average Bonchev–Trinajstić information content (AvgIpc) is 2.31. The topological polar surface area (TPSA) is 0 Å². The van der Waals surface area contributed by atoms with Gasteiger partial charge in [0.1, 0.15) is 0 Å². The molecule has 0 rings (SSSR count). The summed E-state index contributed by atoms with van der Waals surface area (Å²) in [6, 6.07) is 0. The Morgan fingerprint density at radius 3 is 1.39 bits per heavy atom. The molecule has 0 fully saturated rings. The van der Waals surface area contributed by atoms with Crippen molar-refractivity contribution in [3.8, 4) is 0 Å². The Morgan fingerprint density at radius 1 is 0.722 bits per heavy atom. The zero-order valence-corrected chi connectivity index (χ0v) is 13.1. The molecule has 0 atom stereocenters. The van der Waals surface area contributed by atoms with Gasteiger partial charge < -0.3 is 0 Å². The van der Waals surface area contributed by atoms with Gasteiger partial charge in [-0.2, -0.15) is 0 Å². The molecular weight excluding hydrogens is 235 g/mol. The summed E-state index contributed by atoms with van der Waals surface area (Å²) in [7, 11) is 0. The van der Waals surface area contributed by atoms with E-state index in [1.807, 2.05) is 0 Å². The van der Waals surface area contributed by atoms with E-state index in [9.17, 15) is 0 Å². The third kappa shape index (κ3) is 4.58. The predicted molar refractivity (Wildman–Crippen MR) is 91.6 cm³/mol. The van der Waals surface area contributed by atoms with E-state index >= 15 is 0 Å². The normalized spacial score (nSPS) is 13.3. The molecular formula is C17H31P. The molecule has 0 spiro atoms. The zero-order chi connectivity index (χ0) is 13.9. The molecule has 0 aliphatic rings. The summed E-state index contributed by atoms with van der Waals surface area (Å²) in [6.45, 7) is 16.4. The van der Waals surface area contributed by atoms with Crippen LogP contribution in [0.15, 0.2) is 50.6 Å². The van der Waals surface area contributed by atoms with Crippen LogP contribution in [-0.2, 0) is 0 Å². The molecule has 1 heteroatoms. The maximum absolute atomic E-state index is 4.00. The minimum absolute atomic E-state index is 1.14. The molecule has 0 amide bonds. The first-order valence-electron chi connectivity index (χ1n) is 7.05. The fraction of sp³-hybridized carbons (Fsp3) is 0.529. The second-order valence-electron chi connectivity index (χ2n) is 5.55. The van der Waals surface area contributed by atoms with Gasteiger partial charge >= 0.3 is 114 Å². The molecule has 104 valence electrons. The van der Waals surface area contributed by atoms with Gasteiger partial charge in [-0.15, -0.1) is 0 Å². The third-order valence-corrected chi connectivity index (χ3v) is 10.7. The van der Waals surface area contributed by atoms with Gasteiger partial charge in [-0.05, 0) is 0 Å². The molecule has 0 aliphatic carbocycles. The molecule has 0 bridgehead atoms. The van der Waals surface area contributed by atoms with Crippen molar-refractivity contribution in [2.75, 3.05) is 30.8 Å². The molecule has 0 radical (unpaired) electrons. The molecule has 0 saturated heterocycles. The van der Waals surface area contributed by atoms with Gasteiger partial charge in [-0.25, -0.2) is 0 Å². The Labute approximate surface area is 114 Å². The number of hydrogen-bond acceptors (Lipinski definition) is 0. The van der Waals surface area contributed by atoms with Crippen LogP contribution in [0.4, 0.5) is 0 Å². The van der Waals surface area contributed by atoms with Crippen molar-refractivity contribution in [3.05, 3.63) is 50.6 Å². The van der Waals surface area contributed by atoms with Gasteiger partial charge in [0.05, 0.1) is 0 Å². The number of allylic oxidation sites excluding steroid dienone is 4. The van der Waals surface area contributed by atoms with Crippen LogP contribution in [0.5, 0.6) is 0 Å². The van der Waals surface area contributed by atoms with E-state index in [-0.39, 0.29) is 0 Å². The van der Waals surface area contributed by atoms with Crippen LogP contribution in [0.25, 0.3) is 0 Å². The second kappa shape index (κ2) is 8.48. The van der Waals surface area contributed by atoms with Crippen molar-refractivity contribution in [2.45, 2.75) is 26.2 Å². The molecule has 0 N–H and O–H groups in total. The number of hydrogen-bond donors (Lipinski definition) is 0. The van der Waals surface area contributed by atoms with E-state index in [2.05, 4.69) is 57.5 Å². The fourth-order valence-corrected chi connectivity index (χ4v) is 8.75. The van der Waals surface area contributed by atoms with Crippen molar-refractivity contribution in [1.29, 1.82) is 0 Å².